The molecule has 350 valence electrons. The first kappa shape index (κ1) is 45.2. The molecule has 0 saturated heterocycles. The molecule has 0 radical (unpaired) electrons. The van der Waals surface area contributed by atoms with Crippen molar-refractivity contribution in [3.05, 3.63) is 270 Å². The maximum Gasteiger partial charge on any atom is 0.0725 e. The van der Waals surface area contributed by atoms with Crippen LogP contribution >= 0.6 is 0 Å². The van der Waals surface area contributed by atoms with Gasteiger partial charge in [0.2, 0.25) is 0 Å². The maximum atomic E-state index is 2.52. The molecule has 0 N–H and O–H groups in total. The lowest BCUT2D eigenvalue weighted by Gasteiger charge is -2.36. The number of hydrogen-bond donors (Lipinski definition) is 0. The minimum atomic E-state index is -0.488. The first-order chi connectivity index (χ1) is 34.9. The fraction of sp³-hybridized carbons (Fsp3) is 0.155. The molecule has 1 spiro atoms. The summed E-state index contributed by atoms with van der Waals surface area (Å²) in [7, 11) is 0. The third-order valence-electron chi connectivity index (χ3n) is 15.5. The summed E-state index contributed by atoms with van der Waals surface area (Å²) in [6, 6.07) is 90.7. The molecule has 2 aliphatic carbocycles. The lowest BCUT2D eigenvalue weighted by Crippen LogP contribution is -2.26. The van der Waals surface area contributed by atoms with Crippen LogP contribution in [0.4, 0.5) is 17.1 Å². The van der Waals surface area contributed by atoms with Gasteiger partial charge in [-0.1, -0.05) is 236 Å². The molecule has 0 saturated carbocycles. The standard InChI is InChI=1S/C71H61N/c1-69(2,3)47-68(70(4,5)6)53-30-28-52(29-31-53)55-36-42-62-60-24-13-15-26-64(60)71(66(62)45-55)65-27-16-14-25-61(65)63-43-37-56(46-67(63)71)54-22-17-23-59(44-54)72(57-38-32-50(33-39-57)48-18-9-7-10-19-48)58-40-34-51(35-41-58)49-20-11-8-12-21-49/h7-46,68H,47H2,1-6H3. The number of hydrogen-bond acceptors (Lipinski definition) is 1. The van der Waals surface area contributed by atoms with Crippen molar-refractivity contribution in [2.45, 2.75) is 59.3 Å². The largest absolute Gasteiger partial charge is 0.310 e. The molecule has 2 aliphatic rings. The van der Waals surface area contributed by atoms with E-state index in [1.807, 2.05) is 0 Å². The molecular formula is C71H61N. The van der Waals surface area contributed by atoms with Crippen LogP contribution in [0.15, 0.2) is 243 Å². The molecule has 10 aromatic rings. The van der Waals surface area contributed by atoms with Gasteiger partial charge in [-0.3, -0.25) is 0 Å². The number of nitrogens with zero attached hydrogens (tertiary/aromatic N) is 1. The van der Waals surface area contributed by atoms with E-state index in [0.29, 0.717) is 5.92 Å². The minimum Gasteiger partial charge on any atom is -0.310 e. The van der Waals surface area contributed by atoms with Crippen LogP contribution in [-0.4, -0.2) is 0 Å². The van der Waals surface area contributed by atoms with Crippen molar-refractivity contribution >= 4 is 17.1 Å². The van der Waals surface area contributed by atoms with E-state index in [2.05, 4.69) is 289 Å². The van der Waals surface area contributed by atoms with Crippen LogP contribution in [0.5, 0.6) is 0 Å². The number of anilines is 3. The van der Waals surface area contributed by atoms with Crippen LogP contribution < -0.4 is 4.90 Å². The second-order valence-corrected chi connectivity index (χ2v) is 22.4. The van der Waals surface area contributed by atoms with Crippen molar-refractivity contribution in [2.24, 2.45) is 10.8 Å². The Bertz CT molecular complexity index is 3490. The molecule has 0 aliphatic heterocycles. The topological polar surface area (TPSA) is 3.24 Å². The molecule has 10 aromatic carbocycles. The van der Waals surface area contributed by atoms with E-state index in [1.165, 1.54) is 94.6 Å². The van der Waals surface area contributed by atoms with Gasteiger partial charge >= 0.3 is 0 Å². The van der Waals surface area contributed by atoms with Gasteiger partial charge in [0.1, 0.15) is 0 Å². The Kier molecular flexibility index (Phi) is 11.1. The quantitative estimate of drug-likeness (QED) is 0.139. The van der Waals surface area contributed by atoms with Crippen molar-refractivity contribution in [3.8, 4) is 66.8 Å². The number of rotatable bonds is 9. The first-order valence-electron chi connectivity index (χ1n) is 25.7. The van der Waals surface area contributed by atoms with Gasteiger partial charge in [-0.15, -0.1) is 0 Å². The van der Waals surface area contributed by atoms with Crippen molar-refractivity contribution in [3.63, 3.8) is 0 Å². The summed E-state index contributed by atoms with van der Waals surface area (Å²) in [6.07, 6.45) is 1.14. The Morgan fingerprint density at radius 3 is 1.18 bits per heavy atom. The molecular weight excluding hydrogens is 867 g/mol. The van der Waals surface area contributed by atoms with E-state index < -0.39 is 5.41 Å². The molecule has 1 nitrogen and oxygen atoms in total. The van der Waals surface area contributed by atoms with Gasteiger partial charge in [0, 0.05) is 17.1 Å². The highest BCUT2D eigenvalue weighted by Gasteiger charge is 2.51. The van der Waals surface area contributed by atoms with Gasteiger partial charge < -0.3 is 4.90 Å². The SMILES string of the molecule is CC(C)(C)CC(c1ccc(-c2ccc3c(c2)C2(c4ccccc4-3)c3ccccc3-c3ccc(-c4cccc(N(c5ccc(-c6ccccc6)cc5)c5ccc(-c6ccccc6)cc5)c4)cc32)cc1)C(C)(C)C. The van der Waals surface area contributed by atoms with E-state index in [0.717, 1.165) is 23.5 Å². The average molecular weight is 928 g/mol. The molecule has 0 aromatic heterocycles. The van der Waals surface area contributed by atoms with E-state index in [1.54, 1.807) is 0 Å². The summed E-state index contributed by atoms with van der Waals surface area (Å²) < 4.78 is 0. The Balaban J connectivity index is 0.975. The van der Waals surface area contributed by atoms with Crippen LogP contribution in [0.25, 0.3) is 66.8 Å². The van der Waals surface area contributed by atoms with Crippen LogP contribution in [0.3, 0.4) is 0 Å². The van der Waals surface area contributed by atoms with Crippen molar-refractivity contribution in [1.82, 2.24) is 0 Å². The normalized spacial score (nSPS) is 14.9. The Hall–Kier alpha value is -8.00. The summed E-state index contributed by atoms with van der Waals surface area (Å²) in [6.45, 7) is 14.3. The van der Waals surface area contributed by atoms with E-state index in [4.69, 9.17) is 0 Å². The second kappa shape index (κ2) is 17.7. The van der Waals surface area contributed by atoms with Crippen LogP contribution in [0.2, 0.25) is 0 Å². The summed E-state index contributed by atoms with van der Waals surface area (Å²) in [5.74, 6) is 0.465. The molecule has 0 fully saturated rings. The van der Waals surface area contributed by atoms with Crippen molar-refractivity contribution in [2.75, 3.05) is 4.90 Å². The zero-order valence-electron chi connectivity index (χ0n) is 42.3. The smallest absolute Gasteiger partial charge is 0.0725 e. The molecule has 2 atom stereocenters. The van der Waals surface area contributed by atoms with Gasteiger partial charge in [-0.25, -0.2) is 0 Å². The van der Waals surface area contributed by atoms with Gasteiger partial charge in [-0.2, -0.15) is 0 Å². The molecule has 1 heteroatoms. The fourth-order valence-electron chi connectivity index (χ4n) is 12.1. The molecule has 72 heavy (non-hydrogen) atoms. The lowest BCUT2D eigenvalue weighted by molar-refractivity contribution is 0.229. The van der Waals surface area contributed by atoms with Gasteiger partial charge in [0.25, 0.3) is 0 Å². The zero-order chi connectivity index (χ0) is 49.2. The maximum absolute atomic E-state index is 2.52. The Morgan fingerprint density at radius 1 is 0.319 bits per heavy atom. The van der Waals surface area contributed by atoms with E-state index >= 15 is 0 Å². The summed E-state index contributed by atoms with van der Waals surface area (Å²) in [5.41, 5.74) is 24.9. The second-order valence-electron chi connectivity index (χ2n) is 22.4. The average Bonchev–Trinajstić information content (AvgIpc) is 3.88. The highest BCUT2D eigenvalue weighted by molar-refractivity contribution is 5.97. The molecule has 12 rings (SSSR count). The monoisotopic (exact) mass is 927 g/mol. The molecule has 0 heterocycles. The third-order valence-corrected chi connectivity index (χ3v) is 15.5. The molecule has 2 unspecified atom stereocenters. The first-order valence-corrected chi connectivity index (χ1v) is 25.7. The van der Waals surface area contributed by atoms with Gasteiger partial charge in [0.05, 0.1) is 5.41 Å². The fourth-order valence-corrected chi connectivity index (χ4v) is 12.1. The van der Waals surface area contributed by atoms with Gasteiger partial charge in [0.15, 0.2) is 0 Å². The molecule has 0 bridgehead atoms. The summed E-state index contributed by atoms with van der Waals surface area (Å²) >= 11 is 0. The zero-order valence-corrected chi connectivity index (χ0v) is 42.3. The predicted molar refractivity (Wildman–Crippen MR) is 305 cm³/mol. The molecule has 0 amide bonds. The van der Waals surface area contributed by atoms with Crippen molar-refractivity contribution < 1.29 is 0 Å². The van der Waals surface area contributed by atoms with Crippen LogP contribution in [-0.2, 0) is 5.41 Å². The van der Waals surface area contributed by atoms with Gasteiger partial charge in [-0.05, 0) is 166 Å². The predicted octanol–water partition coefficient (Wildman–Crippen LogP) is 19.7. The highest BCUT2D eigenvalue weighted by atomic mass is 15.1. The van der Waals surface area contributed by atoms with E-state index in [9.17, 15) is 0 Å². The summed E-state index contributed by atoms with van der Waals surface area (Å²) in [5, 5.41) is 0. The third kappa shape index (κ3) is 7.89. The minimum absolute atomic E-state index is 0.160. The Morgan fingerprint density at radius 2 is 0.694 bits per heavy atom. The van der Waals surface area contributed by atoms with Crippen molar-refractivity contribution in [1.29, 1.82) is 0 Å². The summed E-state index contributed by atoms with van der Waals surface area (Å²) in [4.78, 5) is 2.39. The Labute approximate surface area is 427 Å². The lowest BCUT2D eigenvalue weighted by atomic mass is 9.69. The van der Waals surface area contributed by atoms with Crippen LogP contribution in [0.1, 0.15) is 81.7 Å². The number of benzene rings is 10. The number of fused-ring (bicyclic) bond motifs is 10. The van der Waals surface area contributed by atoms with Crippen LogP contribution in [0, 0.1) is 10.8 Å². The highest BCUT2D eigenvalue weighted by Crippen LogP contribution is 2.63. The van der Waals surface area contributed by atoms with E-state index in [-0.39, 0.29) is 10.8 Å².